The van der Waals surface area contributed by atoms with Crippen molar-refractivity contribution < 1.29 is 13.9 Å². The van der Waals surface area contributed by atoms with Gasteiger partial charge < -0.3 is 20.2 Å². The molecule has 5 nitrogen and oxygen atoms in total. The van der Waals surface area contributed by atoms with E-state index in [0.29, 0.717) is 30.2 Å². The number of hydrogen-bond acceptors (Lipinski definition) is 4. The minimum atomic E-state index is -0.397. The Morgan fingerprint density at radius 3 is 2.95 bits per heavy atom. The van der Waals surface area contributed by atoms with Crippen LogP contribution < -0.4 is 15.8 Å². The number of aryl methyl sites for hydroxylation is 1. The van der Waals surface area contributed by atoms with Crippen molar-refractivity contribution in [1.82, 2.24) is 5.32 Å². The number of benzene rings is 1. The Labute approximate surface area is 116 Å². The average Bonchev–Trinajstić information content (AvgIpc) is 2.79. The number of hydrogen-bond donors (Lipinski definition) is 2. The summed E-state index contributed by atoms with van der Waals surface area (Å²) in [7, 11) is 0. The maximum atomic E-state index is 12.0. The van der Waals surface area contributed by atoms with E-state index in [9.17, 15) is 4.79 Å². The van der Waals surface area contributed by atoms with Crippen LogP contribution in [0, 0.1) is 6.92 Å². The Kier molecular flexibility index (Phi) is 3.20. The number of furan rings is 1. The molecule has 0 bridgehead atoms. The fourth-order valence-electron chi connectivity index (χ4n) is 2.32. The molecule has 1 aliphatic heterocycles. The summed E-state index contributed by atoms with van der Waals surface area (Å²) in [4.78, 5) is 12.0. The van der Waals surface area contributed by atoms with Crippen molar-refractivity contribution in [1.29, 1.82) is 0 Å². The van der Waals surface area contributed by atoms with Crippen LogP contribution in [0.5, 0.6) is 5.75 Å². The van der Waals surface area contributed by atoms with Gasteiger partial charge in [0.2, 0.25) is 0 Å². The van der Waals surface area contributed by atoms with E-state index in [0.717, 1.165) is 11.1 Å². The first-order valence-corrected chi connectivity index (χ1v) is 6.51. The van der Waals surface area contributed by atoms with E-state index in [1.165, 1.54) is 0 Å². The molecule has 2 heterocycles. The second kappa shape index (κ2) is 5.02. The minimum Gasteiger partial charge on any atom is -0.491 e. The molecular weight excluding hydrogens is 256 g/mol. The quantitative estimate of drug-likeness (QED) is 0.873. The van der Waals surface area contributed by atoms with Crippen molar-refractivity contribution in [3.05, 3.63) is 53.0 Å². The molecule has 3 rings (SSSR count). The number of carbonyl (C=O) groups is 1. The Bertz CT molecular complexity index is 648. The highest BCUT2D eigenvalue weighted by Gasteiger charge is 2.20. The second-order valence-electron chi connectivity index (χ2n) is 4.81. The van der Waals surface area contributed by atoms with Crippen LogP contribution in [0.1, 0.15) is 33.3 Å². The number of rotatable bonds is 2. The first-order chi connectivity index (χ1) is 9.66. The Morgan fingerprint density at radius 2 is 2.20 bits per heavy atom. The lowest BCUT2D eigenvalue weighted by Gasteiger charge is -2.13. The highest BCUT2D eigenvalue weighted by atomic mass is 16.5. The fourth-order valence-corrected chi connectivity index (χ4v) is 2.32. The van der Waals surface area contributed by atoms with Crippen LogP contribution in [0.25, 0.3) is 0 Å². The molecule has 3 N–H and O–H groups in total. The molecule has 0 fully saturated rings. The van der Waals surface area contributed by atoms with Crippen LogP contribution in [-0.4, -0.2) is 19.1 Å². The van der Waals surface area contributed by atoms with Gasteiger partial charge in [0.1, 0.15) is 18.1 Å². The number of nitrogens with one attached hydrogen (secondary N) is 1. The largest absolute Gasteiger partial charge is 0.491 e. The number of amides is 1. The number of nitrogens with two attached hydrogens (primary N) is 1. The van der Waals surface area contributed by atoms with E-state index >= 15 is 0 Å². The molecule has 1 unspecified atom stereocenters. The van der Waals surface area contributed by atoms with Crippen molar-refractivity contribution in [3.63, 3.8) is 0 Å². The summed E-state index contributed by atoms with van der Waals surface area (Å²) in [5.41, 5.74) is 8.54. The van der Waals surface area contributed by atoms with Gasteiger partial charge in [-0.25, -0.2) is 0 Å². The van der Waals surface area contributed by atoms with Gasteiger partial charge in [-0.1, -0.05) is 6.07 Å². The van der Waals surface area contributed by atoms with Crippen molar-refractivity contribution in [2.75, 3.05) is 13.2 Å². The molecule has 104 valence electrons. The van der Waals surface area contributed by atoms with Crippen molar-refractivity contribution in [3.8, 4) is 5.75 Å². The number of ether oxygens (including phenoxy) is 1. The summed E-state index contributed by atoms with van der Waals surface area (Å²) >= 11 is 0. The third-order valence-electron chi connectivity index (χ3n) is 3.44. The molecule has 5 heteroatoms. The van der Waals surface area contributed by atoms with Crippen LogP contribution in [0.3, 0.4) is 0 Å². The highest BCUT2D eigenvalue weighted by Crippen LogP contribution is 2.28. The van der Waals surface area contributed by atoms with Crippen LogP contribution in [0.2, 0.25) is 0 Å². The van der Waals surface area contributed by atoms with Gasteiger partial charge in [0, 0.05) is 0 Å². The molecule has 1 amide bonds. The van der Waals surface area contributed by atoms with Crippen molar-refractivity contribution in [2.24, 2.45) is 5.73 Å². The molecule has 1 aromatic carbocycles. The van der Waals surface area contributed by atoms with Crippen LogP contribution in [0.4, 0.5) is 0 Å². The van der Waals surface area contributed by atoms with Crippen LogP contribution in [0.15, 0.2) is 34.9 Å². The van der Waals surface area contributed by atoms with E-state index in [4.69, 9.17) is 14.9 Å². The fraction of sp³-hybridized carbons (Fsp3) is 0.267. The summed E-state index contributed by atoms with van der Waals surface area (Å²) in [6.07, 6.45) is 1.61. The summed E-state index contributed by atoms with van der Waals surface area (Å²) in [5.74, 6) is 1.16. The predicted octanol–water partition coefficient (Wildman–Crippen LogP) is 1.76. The molecule has 0 aliphatic carbocycles. The van der Waals surface area contributed by atoms with E-state index in [2.05, 4.69) is 5.32 Å². The molecule has 0 saturated carbocycles. The predicted molar refractivity (Wildman–Crippen MR) is 73.7 cm³/mol. The Balaban J connectivity index is 2.00. The third-order valence-corrected chi connectivity index (χ3v) is 3.44. The maximum Gasteiger partial charge on any atom is 0.255 e. The lowest BCUT2D eigenvalue weighted by Crippen LogP contribution is -2.24. The van der Waals surface area contributed by atoms with Crippen LogP contribution in [-0.2, 0) is 0 Å². The first-order valence-electron chi connectivity index (χ1n) is 6.51. The summed E-state index contributed by atoms with van der Waals surface area (Å²) in [5, 5.41) is 2.78. The van der Waals surface area contributed by atoms with Gasteiger partial charge >= 0.3 is 0 Å². The zero-order chi connectivity index (χ0) is 14.1. The lowest BCUT2D eigenvalue weighted by molar-refractivity contribution is 0.0957. The van der Waals surface area contributed by atoms with Crippen LogP contribution >= 0.6 is 0 Å². The van der Waals surface area contributed by atoms with Gasteiger partial charge in [-0.05, 0) is 36.2 Å². The van der Waals surface area contributed by atoms with E-state index in [1.54, 1.807) is 18.4 Å². The average molecular weight is 272 g/mol. The molecule has 20 heavy (non-hydrogen) atoms. The van der Waals surface area contributed by atoms with Gasteiger partial charge in [-0.2, -0.15) is 0 Å². The third kappa shape index (κ3) is 2.16. The maximum absolute atomic E-state index is 12.0. The summed E-state index contributed by atoms with van der Waals surface area (Å²) in [6, 6.07) is 6.89. The van der Waals surface area contributed by atoms with Gasteiger partial charge in [-0.3, -0.25) is 4.79 Å². The van der Waals surface area contributed by atoms with Crippen molar-refractivity contribution >= 4 is 5.91 Å². The molecule has 0 radical (unpaired) electrons. The van der Waals surface area contributed by atoms with E-state index in [-0.39, 0.29) is 5.91 Å². The molecule has 0 saturated heterocycles. The topological polar surface area (TPSA) is 77.5 Å². The van der Waals surface area contributed by atoms with E-state index in [1.807, 2.05) is 19.1 Å². The summed E-state index contributed by atoms with van der Waals surface area (Å²) < 4.78 is 10.9. The Hall–Kier alpha value is -2.27. The molecule has 1 aromatic heterocycles. The van der Waals surface area contributed by atoms with Gasteiger partial charge in [0.15, 0.2) is 0 Å². The highest BCUT2D eigenvalue weighted by molar-refractivity contribution is 5.97. The molecule has 2 aromatic rings. The summed E-state index contributed by atoms with van der Waals surface area (Å²) in [6.45, 7) is 2.92. The van der Waals surface area contributed by atoms with E-state index < -0.39 is 6.04 Å². The number of fused-ring (bicyclic) bond motifs is 1. The first kappa shape index (κ1) is 12.7. The normalized spacial score (nSPS) is 15.8. The molecule has 1 aliphatic rings. The lowest BCUT2D eigenvalue weighted by atomic mass is 10.00. The number of carbonyl (C=O) groups excluding carboxylic acids is 1. The second-order valence-corrected chi connectivity index (χ2v) is 4.81. The van der Waals surface area contributed by atoms with Gasteiger partial charge in [0.05, 0.1) is 24.4 Å². The smallest absolute Gasteiger partial charge is 0.255 e. The molecular formula is C15H16N2O3. The molecule has 1 atom stereocenters. The SMILES string of the molecule is Cc1ccoc1C(N)c1ccc2c(c1)C(=O)NCCO2. The zero-order valence-corrected chi connectivity index (χ0v) is 11.2. The Morgan fingerprint density at radius 1 is 1.35 bits per heavy atom. The van der Waals surface area contributed by atoms with Gasteiger partial charge in [0.25, 0.3) is 5.91 Å². The molecule has 0 spiro atoms. The standard InChI is InChI=1S/C15H16N2O3/c1-9-4-6-20-14(9)13(16)10-2-3-12-11(8-10)15(18)17-5-7-19-12/h2-4,6,8,13H,5,7,16H2,1H3,(H,17,18). The minimum absolute atomic E-state index is 0.136. The van der Waals surface area contributed by atoms with Crippen molar-refractivity contribution in [2.45, 2.75) is 13.0 Å². The van der Waals surface area contributed by atoms with Gasteiger partial charge in [-0.15, -0.1) is 0 Å². The zero-order valence-electron chi connectivity index (χ0n) is 11.2. The monoisotopic (exact) mass is 272 g/mol.